The molecule has 0 aliphatic heterocycles. The molecule has 2 rings (SSSR count). The van der Waals surface area contributed by atoms with Crippen LogP contribution in [0.4, 0.5) is 0 Å². The van der Waals surface area contributed by atoms with Crippen LogP contribution in [0.15, 0.2) is 62.2 Å². The molecule has 244 valence electrons. The van der Waals surface area contributed by atoms with Crippen LogP contribution in [0.1, 0.15) is 79.1 Å². The number of hydrogen-bond donors (Lipinski definition) is 2. The number of imidazole rings is 2. The standard InChI is InChI=1S/C34H62N8.2Y/c1-9-21-37(7)25-19-36-18-13-15-33(3,4)38(8)26-20-35-17-11-12-23-40-27-28-41(31-40)24-14-16-34(5,6)42-30-29-39(32-42)22-10-2;;/h19-20,25-32,35-36H,1-2,9-18,21-24H2,3-8H3;;/p+1/b25-19-,26-20-;;. The third-order valence-corrected chi connectivity index (χ3v) is 8.26. The molecular formula is C34H63N8Y2+. The van der Waals surface area contributed by atoms with Gasteiger partial charge in [0.2, 0.25) is 12.7 Å². The van der Waals surface area contributed by atoms with Gasteiger partial charge in [-0.25, -0.2) is 18.3 Å². The summed E-state index contributed by atoms with van der Waals surface area (Å²) in [4.78, 5) is 4.50. The molecule has 0 saturated carbocycles. The molecule has 2 aromatic heterocycles. The molecule has 8 nitrogen and oxygen atoms in total. The van der Waals surface area contributed by atoms with Gasteiger partial charge in [0.05, 0.1) is 32.4 Å². The second-order valence-electron chi connectivity index (χ2n) is 12.9. The van der Waals surface area contributed by atoms with Gasteiger partial charge < -0.3 is 34.3 Å². The predicted molar refractivity (Wildman–Crippen MR) is 174 cm³/mol. The SMILES string of the molecule is [CH2-]CCN(C)/C=C\NCCCC(C)(C)N(C)/C=C\[NH2+]CCCCn1cc[n+](CCCC(C)(C)n2cc[n+](CC[CH2-])c2)c1.[Y].[Y]. The molecule has 0 saturated heterocycles. The topological polar surface area (TPSA) is 52.7 Å². The van der Waals surface area contributed by atoms with E-state index >= 15 is 0 Å². The van der Waals surface area contributed by atoms with Gasteiger partial charge in [0, 0.05) is 110 Å². The Morgan fingerprint density at radius 2 is 1.59 bits per heavy atom. The van der Waals surface area contributed by atoms with E-state index in [0.29, 0.717) is 0 Å². The van der Waals surface area contributed by atoms with Gasteiger partial charge in [0.15, 0.2) is 0 Å². The fourth-order valence-electron chi connectivity index (χ4n) is 5.02. The van der Waals surface area contributed by atoms with E-state index < -0.39 is 0 Å². The molecule has 0 spiro atoms. The van der Waals surface area contributed by atoms with E-state index in [4.69, 9.17) is 0 Å². The summed E-state index contributed by atoms with van der Waals surface area (Å²) in [5.74, 6) is 0. The Labute approximate surface area is 320 Å². The molecule has 44 heavy (non-hydrogen) atoms. The molecule has 3 N–H and O–H groups in total. The second-order valence-corrected chi connectivity index (χ2v) is 12.9. The summed E-state index contributed by atoms with van der Waals surface area (Å²) in [7, 11) is 4.27. The van der Waals surface area contributed by atoms with Gasteiger partial charge in [-0.2, -0.15) is 6.42 Å². The summed E-state index contributed by atoms with van der Waals surface area (Å²) in [5.41, 5.74) is 0.251. The Balaban J connectivity index is 0.00000924. The normalized spacial score (nSPS) is 12.0. The molecule has 0 aliphatic carbocycles. The van der Waals surface area contributed by atoms with Crippen LogP contribution < -0.4 is 19.8 Å². The molecule has 2 radical (unpaired) electrons. The number of unbranched alkanes of at least 4 members (excludes halogenated alkanes) is 1. The van der Waals surface area contributed by atoms with E-state index in [2.05, 4.69) is 150 Å². The quantitative estimate of drug-likeness (QED) is 0.103. The summed E-state index contributed by atoms with van der Waals surface area (Å²) in [6, 6.07) is 0. The molecule has 10 heteroatoms. The van der Waals surface area contributed by atoms with E-state index in [-0.39, 0.29) is 76.5 Å². The zero-order chi connectivity index (χ0) is 30.8. The van der Waals surface area contributed by atoms with Crippen LogP contribution in [0, 0.1) is 13.8 Å². The summed E-state index contributed by atoms with van der Waals surface area (Å²) in [5, 5.41) is 5.71. The van der Waals surface area contributed by atoms with Crippen LogP contribution in [0.2, 0.25) is 0 Å². The molecule has 0 atom stereocenters. The minimum absolute atomic E-state index is 0. The first kappa shape index (κ1) is 43.5. The molecule has 2 heterocycles. The zero-order valence-electron chi connectivity index (χ0n) is 29.0. The first-order valence-electron chi connectivity index (χ1n) is 16.1. The fraction of sp³-hybridized carbons (Fsp3) is 0.647. The third kappa shape index (κ3) is 17.4. The molecule has 0 unspecified atom stereocenters. The van der Waals surface area contributed by atoms with Crippen molar-refractivity contribution in [3.05, 3.63) is 76.1 Å². The van der Waals surface area contributed by atoms with Crippen LogP contribution in [-0.4, -0.2) is 58.2 Å². The summed E-state index contributed by atoms with van der Waals surface area (Å²) in [6.45, 7) is 23.4. The second kappa shape index (κ2) is 23.7. The maximum atomic E-state index is 3.96. The maximum absolute atomic E-state index is 3.96. The van der Waals surface area contributed by atoms with Crippen molar-refractivity contribution in [2.75, 3.05) is 33.7 Å². The van der Waals surface area contributed by atoms with Crippen LogP contribution in [0.3, 0.4) is 0 Å². The molecule has 0 bridgehead atoms. The fourth-order valence-corrected chi connectivity index (χ4v) is 5.02. The Bertz CT molecular complexity index is 1040. The first-order valence-corrected chi connectivity index (χ1v) is 16.1. The molecular weight excluding hydrogens is 698 g/mol. The summed E-state index contributed by atoms with van der Waals surface area (Å²) in [6.07, 6.45) is 30.7. The van der Waals surface area contributed by atoms with Gasteiger partial charge in [-0.15, -0.1) is 6.42 Å². The van der Waals surface area contributed by atoms with Gasteiger partial charge in [-0.05, 0) is 66.3 Å². The Morgan fingerprint density at radius 3 is 2.32 bits per heavy atom. The third-order valence-electron chi connectivity index (χ3n) is 8.26. The number of nitrogens with one attached hydrogen (secondary N) is 1. The Hall–Kier alpha value is -0.532. The smallest absolute Gasteiger partial charge is 0.244 e. The van der Waals surface area contributed by atoms with E-state index in [9.17, 15) is 0 Å². The van der Waals surface area contributed by atoms with Gasteiger partial charge in [0.25, 0.3) is 0 Å². The van der Waals surface area contributed by atoms with Crippen LogP contribution in [-0.2, 0) is 90.6 Å². The first-order chi connectivity index (χ1) is 20.1. The van der Waals surface area contributed by atoms with Crippen molar-refractivity contribution >= 4 is 0 Å². The number of nitrogens with zero attached hydrogens (tertiary/aromatic N) is 6. The number of aromatic nitrogens is 4. The van der Waals surface area contributed by atoms with Gasteiger partial charge in [-0.1, -0.05) is 0 Å². The summed E-state index contributed by atoms with van der Waals surface area (Å²) >= 11 is 0. The van der Waals surface area contributed by atoms with Crippen LogP contribution >= 0.6 is 0 Å². The Kier molecular flexibility index (Phi) is 23.4. The minimum atomic E-state index is 0. The number of aryl methyl sites for hydroxylation is 3. The van der Waals surface area contributed by atoms with Crippen molar-refractivity contribution < 1.29 is 79.9 Å². The van der Waals surface area contributed by atoms with Crippen molar-refractivity contribution in [1.29, 1.82) is 0 Å². The van der Waals surface area contributed by atoms with E-state index in [0.717, 1.165) is 77.8 Å². The minimum Gasteiger partial charge on any atom is -0.390 e. The maximum Gasteiger partial charge on any atom is 0.244 e. The van der Waals surface area contributed by atoms with Crippen molar-refractivity contribution in [2.24, 2.45) is 0 Å². The van der Waals surface area contributed by atoms with Gasteiger partial charge in [0.1, 0.15) is 36.5 Å². The van der Waals surface area contributed by atoms with E-state index in [1.54, 1.807) is 0 Å². The molecule has 0 aromatic carbocycles. The van der Waals surface area contributed by atoms with Crippen molar-refractivity contribution in [1.82, 2.24) is 24.3 Å². The number of nitrogens with two attached hydrogens (primary N) is 1. The van der Waals surface area contributed by atoms with Crippen molar-refractivity contribution in [3.63, 3.8) is 0 Å². The molecule has 0 fully saturated rings. The van der Waals surface area contributed by atoms with Crippen molar-refractivity contribution in [2.45, 2.75) is 110 Å². The van der Waals surface area contributed by atoms with Crippen LogP contribution in [0.5, 0.6) is 0 Å². The Morgan fingerprint density at radius 1 is 0.864 bits per heavy atom. The largest absolute Gasteiger partial charge is 0.390 e. The predicted octanol–water partition coefficient (Wildman–Crippen LogP) is 3.82. The van der Waals surface area contributed by atoms with Gasteiger partial charge in [-0.3, -0.25) is 0 Å². The van der Waals surface area contributed by atoms with E-state index in [1.165, 1.54) is 12.8 Å². The average Bonchev–Trinajstić information content (AvgIpc) is 3.60. The molecule has 0 amide bonds. The number of quaternary nitrogens is 1. The average molecular weight is 762 g/mol. The molecule has 2 aromatic rings. The molecule has 0 aliphatic rings. The van der Waals surface area contributed by atoms with Crippen LogP contribution in [0.25, 0.3) is 0 Å². The van der Waals surface area contributed by atoms with E-state index in [1.807, 2.05) is 6.20 Å². The summed E-state index contributed by atoms with van der Waals surface area (Å²) < 4.78 is 9.23. The zero-order valence-corrected chi connectivity index (χ0v) is 34.7. The van der Waals surface area contributed by atoms with Gasteiger partial charge >= 0.3 is 0 Å². The monoisotopic (exact) mass is 761 g/mol. The number of rotatable bonds is 23. The number of hydrogen-bond acceptors (Lipinski definition) is 3. The van der Waals surface area contributed by atoms with Crippen molar-refractivity contribution in [3.8, 4) is 0 Å².